The first kappa shape index (κ1) is 12.4. The van der Waals surface area contributed by atoms with Gasteiger partial charge in [-0.2, -0.15) is 0 Å². The van der Waals surface area contributed by atoms with Gasteiger partial charge in [-0.3, -0.25) is 4.79 Å². The lowest BCUT2D eigenvalue weighted by Crippen LogP contribution is -2.05. The predicted octanol–water partition coefficient (Wildman–Crippen LogP) is 3.76. The zero-order chi connectivity index (χ0) is 13.1. The first-order chi connectivity index (χ1) is 8.63. The summed E-state index contributed by atoms with van der Waals surface area (Å²) < 4.78 is 27.2. The molecule has 18 heavy (non-hydrogen) atoms. The maximum Gasteiger partial charge on any atom is 0.193 e. The molecule has 0 spiro atoms. The number of rotatable bonds is 3. The number of carbonyl (C=O) groups is 1. The standard InChI is InChI=1S/C15H12F2O/c1-2-12-13(16)8-11(9-14(12)17)15(18)10-6-4-3-5-7-10/h3-9H,2H2,1H3. The number of halogens is 2. The lowest BCUT2D eigenvalue weighted by molar-refractivity contribution is 0.103. The van der Waals surface area contributed by atoms with Gasteiger partial charge in [0.05, 0.1) is 0 Å². The third-order valence-corrected chi connectivity index (χ3v) is 2.79. The molecule has 0 aromatic heterocycles. The molecule has 2 aromatic carbocycles. The van der Waals surface area contributed by atoms with Crippen molar-refractivity contribution in [2.24, 2.45) is 0 Å². The molecule has 0 saturated heterocycles. The molecule has 0 saturated carbocycles. The Kier molecular flexibility index (Phi) is 3.51. The third-order valence-electron chi connectivity index (χ3n) is 2.79. The van der Waals surface area contributed by atoms with Gasteiger partial charge in [0, 0.05) is 16.7 Å². The number of hydrogen-bond donors (Lipinski definition) is 0. The van der Waals surface area contributed by atoms with Gasteiger partial charge in [0.25, 0.3) is 0 Å². The summed E-state index contributed by atoms with van der Waals surface area (Å²) in [6, 6.07) is 10.6. The molecule has 2 rings (SSSR count). The average Bonchev–Trinajstić information content (AvgIpc) is 2.38. The minimum atomic E-state index is -0.670. The van der Waals surface area contributed by atoms with Gasteiger partial charge in [-0.25, -0.2) is 8.78 Å². The van der Waals surface area contributed by atoms with E-state index in [1.165, 1.54) is 0 Å². The van der Waals surface area contributed by atoms with Crippen molar-refractivity contribution in [2.45, 2.75) is 13.3 Å². The Hall–Kier alpha value is -2.03. The molecule has 1 nitrogen and oxygen atoms in total. The Morgan fingerprint density at radius 1 is 1.00 bits per heavy atom. The highest BCUT2D eigenvalue weighted by Crippen LogP contribution is 2.18. The van der Waals surface area contributed by atoms with E-state index in [-0.39, 0.29) is 23.3 Å². The van der Waals surface area contributed by atoms with E-state index in [1.807, 2.05) is 0 Å². The summed E-state index contributed by atoms with van der Waals surface area (Å²) in [5.41, 5.74) is 0.466. The average molecular weight is 246 g/mol. The summed E-state index contributed by atoms with van der Waals surface area (Å²) >= 11 is 0. The minimum Gasteiger partial charge on any atom is -0.289 e. The van der Waals surface area contributed by atoms with Gasteiger partial charge in [-0.05, 0) is 18.6 Å². The monoisotopic (exact) mass is 246 g/mol. The molecule has 3 heteroatoms. The van der Waals surface area contributed by atoms with E-state index in [9.17, 15) is 13.6 Å². The van der Waals surface area contributed by atoms with Crippen LogP contribution in [-0.4, -0.2) is 5.78 Å². The summed E-state index contributed by atoms with van der Waals surface area (Å²) in [4.78, 5) is 12.0. The minimum absolute atomic E-state index is 0.0135. The van der Waals surface area contributed by atoms with Crippen LogP contribution >= 0.6 is 0 Å². The molecule has 0 amide bonds. The second-order valence-corrected chi connectivity index (χ2v) is 3.97. The van der Waals surface area contributed by atoms with Crippen LogP contribution < -0.4 is 0 Å². The summed E-state index contributed by atoms with van der Waals surface area (Å²) in [5, 5.41) is 0. The van der Waals surface area contributed by atoms with E-state index >= 15 is 0 Å². The Bertz CT molecular complexity index is 553. The van der Waals surface area contributed by atoms with Crippen LogP contribution in [0.3, 0.4) is 0 Å². The van der Waals surface area contributed by atoms with Crippen molar-refractivity contribution < 1.29 is 13.6 Å². The van der Waals surface area contributed by atoms with Gasteiger partial charge in [-0.1, -0.05) is 37.3 Å². The largest absolute Gasteiger partial charge is 0.289 e. The van der Waals surface area contributed by atoms with Gasteiger partial charge in [0.15, 0.2) is 5.78 Å². The lowest BCUT2D eigenvalue weighted by Gasteiger charge is -2.06. The molecule has 0 aliphatic heterocycles. The fourth-order valence-corrected chi connectivity index (χ4v) is 1.83. The Morgan fingerprint density at radius 3 is 2.06 bits per heavy atom. The third kappa shape index (κ3) is 2.30. The van der Waals surface area contributed by atoms with Crippen molar-refractivity contribution in [3.63, 3.8) is 0 Å². The van der Waals surface area contributed by atoms with Crippen LogP contribution in [0.1, 0.15) is 28.4 Å². The fourth-order valence-electron chi connectivity index (χ4n) is 1.83. The number of hydrogen-bond acceptors (Lipinski definition) is 1. The highest BCUT2D eigenvalue weighted by atomic mass is 19.1. The van der Waals surface area contributed by atoms with Gasteiger partial charge in [-0.15, -0.1) is 0 Å². The summed E-state index contributed by atoms with van der Waals surface area (Å²) in [6.07, 6.45) is 0.261. The van der Waals surface area contributed by atoms with Crippen LogP contribution in [0.4, 0.5) is 8.78 Å². The van der Waals surface area contributed by atoms with E-state index in [0.29, 0.717) is 5.56 Å². The van der Waals surface area contributed by atoms with Gasteiger partial charge in [0.1, 0.15) is 11.6 Å². The predicted molar refractivity (Wildman–Crippen MR) is 65.6 cm³/mol. The molecule has 0 atom stereocenters. The fraction of sp³-hybridized carbons (Fsp3) is 0.133. The molecule has 0 unspecified atom stereocenters. The quantitative estimate of drug-likeness (QED) is 0.754. The highest BCUT2D eigenvalue weighted by molar-refractivity contribution is 6.09. The van der Waals surface area contributed by atoms with Crippen LogP contribution in [0.2, 0.25) is 0 Å². The van der Waals surface area contributed by atoms with E-state index in [0.717, 1.165) is 12.1 Å². The van der Waals surface area contributed by atoms with Crippen molar-refractivity contribution in [1.29, 1.82) is 0 Å². The van der Waals surface area contributed by atoms with Crippen LogP contribution in [-0.2, 0) is 6.42 Å². The molecule has 0 N–H and O–H groups in total. The molecule has 0 fully saturated rings. The zero-order valence-corrected chi connectivity index (χ0v) is 9.91. The Morgan fingerprint density at radius 2 is 1.56 bits per heavy atom. The summed E-state index contributed by atoms with van der Waals surface area (Å²) in [7, 11) is 0. The smallest absolute Gasteiger partial charge is 0.193 e. The van der Waals surface area contributed by atoms with Crippen molar-refractivity contribution in [3.8, 4) is 0 Å². The van der Waals surface area contributed by atoms with Crippen LogP contribution in [0.15, 0.2) is 42.5 Å². The number of benzene rings is 2. The molecule has 0 heterocycles. The first-order valence-electron chi connectivity index (χ1n) is 5.71. The molecule has 0 radical (unpaired) electrons. The van der Waals surface area contributed by atoms with Crippen molar-refractivity contribution in [1.82, 2.24) is 0 Å². The van der Waals surface area contributed by atoms with Crippen molar-refractivity contribution in [2.75, 3.05) is 0 Å². The molecular weight excluding hydrogens is 234 g/mol. The van der Waals surface area contributed by atoms with Crippen LogP contribution in [0.5, 0.6) is 0 Å². The molecule has 0 aliphatic carbocycles. The maximum absolute atomic E-state index is 13.6. The van der Waals surface area contributed by atoms with Gasteiger partial charge < -0.3 is 0 Å². The first-order valence-corrected chi connectivity index (χ1v) is 5.71. The second-order valence-electron chi connectivity index (χ2n) is 3.97. The molecule has 92 valence electrons. The normalized spacial score (nSPS) is 10.4. The number of ketones is 1. The van der Waals surface area contributed by atoms with E-state index in [4.69, 9.17) is 0 Å². The summed E-state index contributed by atoms with van der Waals surface area (Å²) in [6.45, 7) is 1.67. The van der Waals surface area contributed by atoms with Crippen molar-refractivity contribution in [3.05, 3.63) is 70.8 Å². The van der Waals surface area contributed by atoms with E-state index < -0.39 is 11.6 Å². The topological polar surface area (TPSA) is 17.1 Å². The SMILES string of the molecule is CCc1c(F)cc(C(=O)c2ccccc2)cc1F. The van der Waals surface area contributed by atoms with E-state index in [1.54, 1.807) is 37.3 Å². The number of carbonyl (C=O) groups excluding carboxylic acids is 1. The molecule has 0 bridgehead atoms. The summed E-state index contributed by atoms with van der Waals surface area (Å²) in [5.74, 6) is -1.72. The van der Waals surface area contributed by atoms with Gasteiger partial charge in [0.2, 0.25) is 0 Å². The highest BCUT2D eigenvalue weighted by Gasteiger charge is 2.15. The molecular formula is C15H12F2O. The Labute approximate surface area is 104 Å². The van der Waals surface area contributed by atoms with Crippen LogP contribution in [0, 0.1) is 11.6 Å². The molecule has 0 aliphatic rings. The maximum atomic E-state index is 13.6. The second kappa shape index (κ2) is 5.08. The Balaban J connectivity index is 2.44. The van der Waals surface area contributed by atoms with Gasteiger partial charge >= 0.3 is 0 Å². The molecule has 2 aromatic rings. The van der Waals surface area contributed by atoms with Crippen molar-refractivity contribution >= 4 is 5.78 Å². The zero-order valence-electron chi connectivity index (χ0n) is 9.91. The van der Waals surface area contributed by atoms with Crippen LogP contribution in [0.25, 0.3) is 0 Å². The lowest BCUT2D eigenvalue weighted by atomic mass is 10.0. The van der Waals surface area contributed by atoms with E-state index in [2.05, 4.69) is 0 Å².